The summed E-state index contributed by atoms with van der Waals surface area (Å²) in [6.07, 6.45) is 2.12. The molecule has 1 unspecified atom stereocenters. The lowest BCUT2D eigenvalue weighted by atomic mass is 10.1. The van der Waals surface area contributed by atoms with E-state index in [0.717, 1.165) is 19.4 Å². The minimum Gasteiger partial charge on any atom is -1.00 e. The number of carbonyl (C=O) groups excluding carboxylic acids is 1. The third-order valence-electron chi connectivity index (χ3n) is 2.01. The van der Waals surface area contributed by atoms with E-state index in [4.69, 9.17) is 0 Å². The molecule has 0 aliphatic rings. The van der Waals surface area contributed by atoms with Crippen molar-refractivity contribution in [1.29, 1.82) is 0 Å². The Hall–Kier alpha value is -0.540. The topological polar surface area (TPSA) is 33.5 Å². The molecule has 0 aliphatic carbocycles. The van der Waals surface area contributed by atoms with Crippen molar-refractivity contribution in [3.63, 3.8) is 0 Å². The lowest BCUT2D eigenvalue weighted by Crippen LogP contribution is -3.07. The molecule has 0 bridgehead atoms. The molecule has 90 valence electrons. The van der Waals surface area contributed by atoms with Crippen LogP contribution in [0, 0.1) is 0 Å². The van der Waals surface area contributed by atoms with Crippen molar-refractivity contribution in [2.24, 2.45) is 0 Å². The van der Waals surface area contributed by atoms with Gasteiger partial charge >= 0.3 is 0 Å². The maximum Gasteiger partial charge on any atom is 0.246 e. The quantitative estimate of drug-likeness (QED) is 0.472. The van der Waals surface area contributed by atoms with Crippen LogP contribution in [0.5, 0.6) is 0 Å². The van der Waals surface area contributed by atoms with Gasteiger partial charge in [-0.05, 0) is 13.3 Å². The Labute approximate surface area is 99.3 Å². The molecule has 0 heterocycles. The molecule has 0 saturated heterocycles. The zero-order valence-corrected chi connectivity index (χ0v) is 10.9. The Kier molecular flexibility index (Phi) is 9.84. The molecule has 15 heavy (non-hydrogen) atoms. The molecule has 2 N–H and O–H groups in total. The molecular weight excluding hydrogens is 212 g/mol. The molecule has 1 atom stereocenters. The van der Waals surface area contributed by atoms with Crippen LogP contribution in [0.25, 0.3) is 0 Å². The molecule has 0 radical (unpaired) electrons. The van der Waals surface area contributed by atoms with Gasteiger partial charge in [-0.1, -0.05) is 19.9 Å². The van der Waals surface area contributed by atoms with Crippen LogP contribution in [0.4, 0.5) is 0 Å². The fraction of sp³-hybridized carbons (Fsp3) is 0.727. The largest absolute Gasteiger partial charge is 1.00 e. The van der Waals surface area contributed by atoms with E-state index in [2.05, 4.69) is 32.9 Å². The van der Waals surface area contributed by atoms with Crippen LogP contribution >= 0.6 is 0 Å². The van der Waals surface area contributed by atoms with E-state index in [9.17, 15) is 4.79 Å². The number of likely N-dealkylation sites (N-methyl/N-ethyl adjacent to an activating group) is 1. The third-order valence-corrected chi connectivity index (χ3v) is 2.01. The molecule has 3 nitrogen and oxygen atoms in total. The minimum absolute atomic E-state index is 0. The lowest BCUT2D eigenvalue weighted by molar-refractivity contribution is -0.859. The fourth-order valence-corrected chi connectivity index (χ4v) is 1.38. The minimum atomic E-state index is -0.0234. The third kappa shape index (κ3) is 8.45. The van der Waals surface area contributed by atoms with Crippen LogP contribution < -0.4 is 22.6 Å². The van der Waals surface area contributed by atoms with Gasteiger partial charge in [0.15, 0.2) is 0 Å². The van der Waals surface area contributed by atoms with Crippen molar-refractivity contribution in [3.05, 3.63) is 12.2 Å². The van der Waals surface area contributed by atoms with Crippen LogP contribution in [0.3, 0.4) is 0 Å². The van der Waals surface area contributed by atoms with Gasteiger partial charge in [0, 0.05) is 5.57 Å². The van der Waals surface area contributed by atoms with Crippen molar-refractivity contribution in [3.8, 4) is 0 Å². The number of quaternary nitrogens is 1. The number of hydrogen-bond donors (Lipinski definition) is 2. The molecule has 0 aromatic carbocycles. The highest BCUT2D eigenvalue weighted by Crippen LogP contribution is 1.96. The Morgan fingerprint density at radius 1 is 1.47 bits per heavy atom. The average Bonchev–Trinajstić information content (AvgIpc) is 2.02. The number of hydrogen-bond acceptors (Lipinski definition) is 1. The maximum absolute atomic E-state index is 11.4. The van der Waals surface area contributed by atoms with Gasteiger partial charge in [-0.2, -0.15) is 0 Å². The lowest BCUT2D eigenvalue weighted by Gasteiger charge is -2.19. The van der Waals surface area contributed by atoms with Gasteiger partial charge in [-0.3, -0.25) is 4.79 Å². The number of rotatable bonds is 6. The van der Waals surface area contributed by atoms with Crippen LogP contribution in [0.2, 0.25) is 0 Å². The molecule has 0 aromatic rings. The SMILES string of the molecule is C=C(C)C(=O)NC(CCC)C[NH+](C)C.[Cl-]. The van der Waals surface area contributed by atoms with Crippen molar-refractivity contribution in [2.75, 3.05) is 20.6 Å². The standard InChI is InChI=1S/C11H22N2O.ClH/c1-6-7-10(8-13(4)5)12-11(14)9(2)3;/h10H,2,6-8H2,1,3-5H3,(H,12,14);1H. The molecule has 0 fully saturated rings. The second-order valence-electron chi connectivity index (χ2n) is 4.15. The predicted octanol–water partition coefficient (Wildman–Crippen LogP) is -3.00. The molecule has 0 spiro atoms. The Morgan fingerprint density at radius 3 is 2.33 bits per heavy atom. The number of nitrogens with one attached hydrogen (secondary N) is 2. The number of amides is 1. The van der Waals surface area contributed by atoms with Crippen molar-refractivity contribution >= 4 is 5.91 Å². The van der Waals surface area contributed by atoms with E-state index >= 15 is 0 Å². The summed E-state index contributed by atoms with van der Waals surface area (Å²) in [5.41, 5.74) is 0.583. The second kappa shape index (κ2) is 8.74. The predicted molar refractivity (Wildman–Crippen MR) is 59.3 cm³/mol. The average molecular weight is 235 g/mol. The highest BCUT2D eigenvalue weighted by molar-refractivity contribution is 5.92. The van der Waals surface area contributed by atoms with Gasteiger partial charge in [0.05, 0.1) is 26.7 Å². The van der Waals surface area contributed by atoms with Crippen molar-refractivity contribution in [1.82, 2.24) is 5.32 Å². The van der Waals surface area contributed by atoms with E-state index in [-0.39, 0.29) is 24.4 Å². The molecule has 1 amide bonds. The molecule has 0 aliphatic heterocycles. The van der Waals surface area contributed by atoms with Crippen molar-refractivity contribution in [2.45, 2.75) is 32.7 Å². The van der Waals surface area contributed by atoms with E-state index in [1.165, 1.54) is 4.90 Å². The highest BCUT2D eigenvalue weighted by Gasteiger charge is 2.14. The molecule has 0 saturated carbocycles. The summed E-state index contributed by atoms with van der Waals surface area (Å²) in [5.74, 6) is -0.0234. The zero-order chi connectivity index (χ0) is 11.1. The van der Waals surface area contributed by atoms with Gasteiger partial charge in [0.2, 0.25) is 5.91 Å². The summed E-state index contributed by atoms with van der Waals surface area (Å²) in [4.78, 5) is 12.7. The first-order valence-corrected chi connectivity index (χ1v) is 5.22. The van der Waals surface area contributed by atoms with Crippen molar-refractivity contribution < 1.29 is 22.1 Å². The summed E-state index contributed by atoms with van der Waals surface area (Å²) in [7, 11) is 4.19. The Morgan fingerprint density at radius 2 is 2.00 bits per heavy atom. The van der Waals surface area contributed by atoms with Gasteiger partial charge in [-0.25, -0.2) is 0 Å². The monoisotopic (exact) mass is 234 g/mol. The molecule has 0 aromatic heterocycles. The summed E-state index contributed by atoms with van der Waals surface area (Å²) < 4.78 is 0. The van der Waals surface area contributed by atoms with Crippen LogP contribution in [-0.2, 0) is 4.79 Å². The van der Waals surface area contributed by atoms with Crippen LogP contribution in [-0.4, -0.2) is 32.6 Å². The molecule has 4 heteroatoms. The number of carbonyl (C=O) groups is 1. The molecule has 0 rings (SSSR count). The summed E-state index contributed by atoms with van der Waals surface area (Å²) in [5, 5.41) is 2.99. The fourth-order valence-electron chi connectivity index (χ4n) is 1.38. The van der Waals surface area contributed by atoms with Crippen LogP contribution in [0.1, 0.15) is 26.7 Å². The van der Waals surface area contributed by atoms with Gasteiger partial charge < -0.3 is 22.6 Å². The Bertz CT molecular complexity index is 205. The first-order valence-electron chi connectivity index (χ1n) is 5.22. The van der Waals surface area contributed by atoms with E-state index in [1.807, 2.05) is 0 Å². The first-order chi connectivity index (χ1) is 6.47. The summed E-state index contributed by atoms with van der Waals surface area (Å²) in [6, 6.07) is 0.272. The van der Waals surface area contributed by atoms with Gasteiger partial charge in [0.25, 0.3) is 0 Å². The molecular formula is C11H23ClN2O. The van der Waals surface area contributed by atoms with E-state index in [1.54, 1.807) is 6.92 Å². The van der Waals surface area contributed by atoms with Gasteiger partial charge in [0.1, 0.15) is 0 Å². The van der Waals surface area contributed by atoms with Crippen LogP contribution in [0.15, 0.2) is 12.2 Å². The van der Waals surface area contributed by atoms with E-state index < -0.39 is 0 Å². The normalized spacial score (nSPS) is 11.8. The first kappa shape index (κ1) is 16.9. The number of halogens is 1. The van der Waals surface area contributed by atoms with Gasteiger partial charge in [-0.15, -0.1) is 0 Å². The Balaban J connectivity index is 0. The zero-order valence-electron chi connectivity index (χ0n) is 10.2. The van der Waals surface area contributed by atoms with E-state index in [0.29, 0.717) is 5.57 Å². The maximum atomic E-state index is 11.4. The highest BCUT2D eigenvalue weighted by atomic mass is 35.5. The summed E-state index contributed by atoms with van der Waals surface area (Å²) in [6.45, 7) is 8.46. The summed E-state index contributed by atoms with van der Waals surface area (Å²) >= 11 is 0. The smallest absolute Gasteiger partial charge is 0.246 e. The second-order valence-corrected chi connectivity index (χ2v) is 4.15.